The van der Waals surface area contributed by atoms with Gasteiger partial charge in [-0.1, -0.05) is 13.8 Å². The molecular weight excluding hydrogens is 330 g/mol. The molecule has 112 valence electrons. The molecule has 0 saturated heterocycles. The van der Waals surface area contributed by atoms with E-state index in [1.807, 2.05) is 11.3 Å². The Balaban J connectivity index is 1.63. The molecule has 2 fully saturated rings. The SMILES string of the molecule is CC1(C)CCC(CNC2CC2)C(Cc2cc(Br)cs2)C1. The van der Waals surface area contributed by atoms with Gasteiger partial charge in [-0.05, 0) is 84.3 Å². The van der Waals surface area contributed by atoms with Crippen molar-refractivity contribution in [2.24, 2.45) is 17.3 Å². The first kappa shape index (κ1) is 15.1. The Labute approximate surface area is 135 Å². The maximum atomic E-state index is 3.77. The van der Waals surface area contributed by atoms with Gasteiger partial charge in [-0.3, -0.25) is 0 Å². The van der Waals surface area contributed by atoms with Crippen molar-refractivity contribution in [3.8, 4) is 0 Å². The minimum atomic E-state index is 0.537. The molecule has 1 aromatic rings. The molecule has 2 aliphatic carbocycles. The number of nitrogens with one attached hydrogen (secondary N) is 1. The highest BCUT2D eigenvalue weighted by Crippen LogP contribution is 2.43. The Kier molecular flexibility index (Phi) is 4.59. The van der Waals surface area contributed by atoms with Gasteiger partial charge >= 0.3 is 0 Å². The van der Waals surface area contributed by atoms with Gasteiger partial charge in [0.2, 0.25) is 0 Å². The Morgan fingerprint density at radius 1 is 1.30 bits per heavy atom. The molecule has 1 aromatic heterocycles. The van der Waals surface area contributed by atoms with Crippen molar-refractivity contribution >= 4 is 27.3 Å². The summed E-state index contributed by atoms with van der Waals surface area (Å²) in [6, 6.07) is 3.17. The number of rotatable bonds is 5. The van der Waals surface area contributed by atoms with Gasteiger partial charge in [0.05, 0.1) is 0 Å². The van der Waals surface area contributed by atoms with Gasteiger partial charge in [0.15, 0.2) is 0 Å². The lowest BCUT2D eigenvalue weighted by atomic mass is 9.66. The summed E-state index contributed by atoms with van der Waals surface area (Å²) in [5.74, 6) is 1.74. The summed E-state index contributed by atoms with van der Waals surface area (Å²) < 4.78 is 1.25. The molecule has 1 heterocycles. The lowest BCUT2D eigenvalue weighted by molar-refractivity contribution is 0.116. The zero-order valence-corrected chi connectivity index (χ0v) is 15.0. The fourth-order valence-corrected chi connectivity index (χ4v) is 5.17. The first-order chi connectivity index (χ1) is 9.52. The molecule has 0 bridgehead atoms. The van der Waals surface area contributed by atoms with Gasteiger partial charge in [-0.25, -0.2) is 0 Å². The number of halogens is 1. The summed E-state index contributed by atoms with van der Waals surface area (Å²) in [6.07, 6.45) is 8.27. The first-order valence-electron chi connectivity index (χ1n) is 7.98. The summed E-state index contributed by atoms with van der Waals surface area (Å²) in [4.78, 5) is 1.55. The Morgan fingerprint density at radius 3 is 2.75 bits per heavy atom. The predicted octanol–water partition coefficient (Wildman–Crippen LogP) is 5.25. The van der Waals surface area contributed by atoms with Crippen molar-refractivity contribution in [1.82, 2.24) is 5.32 Å². The summed E-state index contributed by atoms with van der Waals surface area (Å²) in [6.45, 7) is 6.15. The van der Waals surface area contributed by atoms with E-state index in [4.69, 9.17) is 0 Å². The molecule has 3 heteroatoms. The van der Waals surface area contributed by atoms with Crippen LogP contribution in [0.25, 0.3) is 0 Å². The summed E-state index contributed by atoms with van der Waals surface area (Å²) in [7, 11) is 0. The fraction of sp³-hybridized carbons (Fsp3) is 0.765. The molecule has 1 N–H and O–H groups in total. The van der Waals surface area contributed by atoms with Crippen molar-refractivity contribution in [3.63, 3.8) is 0 Å². The van der Waals surface area contributed by atoms with E-state index in [0.717, 1.165) is 17.9 Å². The van der Waals surface area contributed by atoms with E-state index in [1.165, 1.54) is 49.5 Å². The largest absolute Gasteiger partial charge is 0.314 e. The quantitative estimate of drug-likeness (QED) is 0.760. The smallest absolute Gasteiger partial charge is 0.0285 e. The minimum Gasteiger partial charge on any atom is -0.314 e. The highest BCUT2D eigenvalue weighted by molar-refractivity contribution is 9.10. The van der Waals surface area contributed by atoms with Crippen LogP contribution in [0.15, 0.2) is 15.9 Å². The minimum absolute atomic E-state index is 0.537. The third-order valence-electron chi connectivity index (χ3n) is 5.00. The van der Waals surface area contributed by atoms with Gasteiger partial charge in [0.25, 0.3) is 0 Å². The zero-order valence-electron chi connectivity index (χ0n) is 12.6. The van der Waals surface area contributed by atoms with Crippen molar-refractivity contribution in [3.05, 3.63) is 20.8 Å². The topological polar surface area (TPSA) is 12.0 Å². The van der Waals surface area contributed by atoms with Gasteiger partial charge in [0, 0.05) is 20.8 Å². The van der Waals surface area contributed by atoms with Crippen LogP contribution in [0.2, 0.25) is 0 Å². The molecule has 0 amide bonds. The molecule has 20 heavy (non-hydrogen) atoms. The lowest BCUT2D eigenvalue weighted by Gasteiger charge is -2.41. The number of hydrogen-bond donors (Lipinski definition) is 1. The van der Waals surface area contributed by atoms with E-state index in [0.29, 0.717) is 5.41 Å². The van der Waals surface area contributed by atoms with Crippen LogP contribution >= 0.6 is 27.3 Å². The van der Waals surface area contributed by atoms with Crippen molar-refractivity contribution < 1.29 is 0 Å². The predicted molar refractivity (Wildman–Crippen MR) is 91.4 cm³/mol. The van der Waals surface area contributed by atoms with E-state index < -0.39 is 0 Å². The molecule has 2 aliphatic rings. The third kappa shape index (κ3) is 4.08. The Morgan fingerprint density at radius 2 is 2.10 bits per heavy atom. The van der Waals surface area contributed by atoms with Gasteiger partial charge < -0.3 is 5.32 Å². The van der Waals surface area contributed by atoms with Crippen molar-refractivity contribution in [1.29, 1.82) is 0 Å². The van der Waals surface area contributed by atoms with E-state index in [1.54, 1.807) is 4.88 Å². The number of hydrogen-bond acceptors (Lipinski definition) is 2. The molecule has 1 nitrogen and oxygen atoms in total. The van der Waals surface area contributed by atoms with Crippen LogP contribution in [-0.2, 0) is 6.42 Å². The maximum Gasteiger partial charge on any atom is 0.0285 e. The average Bonchev–Trinajstić information content (AvgIpc) is 3.11. The Bertz CT molecular complexity index is 448. The second-order valence-corrected chi connectivity index (χ2v) is 9.46. The van der Waals surface area contributed by atoms with Crippen LogP contribution in [0.1, 0.15) is 50.8 Å². The highest BCUT2D eigenvalue weighted by atomic mass is 79.9. The van der Waals surface area contributed by atoms with Crippen molar-refractivity contribution in [2.45, 2.75) is 58.4 Å². The molecule has 0 radical (unpaired) electrons. The standard InChI is InChI=1S/C17H26BrNS/c1-17(2)6-5-12(10-19-15-3-4-15)13(9-17)7-16-8-14(18)11-20-16/h8,11-13,15,19H,3-7,9-10H2,1-2H3. The second kappa shape index (κ2) is 6.10. The van der Waals surface area contributed by atoms with Crippen molar-refractivity contribution in [2.75, 3.05) is 6.54 Å². The molecular formula is C17H26BrNS. The van der Waals surface area contributed by atoms with Crippen LogP contribution in [-0.4, -0.2) is 12.6 Å². The molecule has 2 unspecified atom stereocenters. The zero-order chi connectivity index (χ0) is 14.2. The summed E-state index contributed by atoms with van der Waals surface area (Å²) in [5.41, 5.74) is 0.537. The van der Waals surface area contributed by atoms with Crippen LogP contribution in [0.4, 0.5) is 0 Å². The summed E-state index contributed by atoms with van der Waals surface area (Å²) >= 11 is 5.51. The molecule has 2 atom stereocenters. The monoisotopic (exact) mass is 355 g/mol. The Hall–Kier alpha value is 0.140. The van der Waals surface area contributed by atoms with Crippen LogP contribution in [0, 0.1) is 17.3 Å². The molecule has 0 aromatic carbocycles. The van der Waals surface area contributed by atoms with E-state index in [2.05, 4.69) is 46.5 Å². The van der Waals surface area contributed by atoms with Crippen LogP contribution in [0.5, 0.6) is 0 Å². The molecule has 0 aliphatic heterocycles. The first-order valence-corrected chi connectivity index (χ1v) is 9.65. The van der Waals surface area contributed by atoms with Gasteiger partial charge in [-0.2, -0.15) is 0 Å². The summed E-state index contributed by atoms with van der Waals surface area (Å²) in [5, 5.41) is 5.99. The maximum absolute atomic E-state index is 3.77. The normalized spacial score (nSPS) is 29.6. The molecule has 0 spiro atoms. The van der Waals surface area contributed by atoms with Gasteiger partial charge in [0.1, 0.15) is 0 Å². The lowest BCUT2D eigenvalue weighted by Crippen LogP contribution is -2.37. The average molecular weight is 356 g/mol. The fourth-order valence-electron chi connectivity index (χ4n) is 3.62. The van der Waals surface area contributed by atoms with Gasteiger partial charge in [-0.15, -0.1) is 11.3 Å². The molecule has 3 rings (SSSR count). The van der Waals surface area contributed by atoms with E-state index in [9.17, 15) is 0 Å². The van der Waals surface area contributed by atoms with E-state index in [-0.39, 0.29) is 0 Å². The number of thiophene rings is 1. The second-order valence-electron chi connectivity index (χ2n) is 7.55. The van der Waals surface area contributed by atoms with Crippen LogP contribution in [0.3, 0.4) is 0 Å². The van der Waals surface area contributed by atoms with Crippen LogP contribution < -0.4 is 5.32 Å². The third-order valence-corrected chi connectivity index (χ3v) is 6.72. The molecule has 2 saturated carbocycles. The van der Waals surface area contributed by atoms with E-state index >= 15 is 0 Å². The highest BCUT2D eigenvalue weighted by Gasteiger charge is 2.35.